The zero-order chi connectivity index (χ0) is 14.8. The Labute approximate surface area is 126 Å². The monoisotopic (exact) mass is 348 g/mol. The topological polar surface area (TPSA) is 71.3 Å². The molecule has 3 rings (SSSR count). The average molecular weight is 347 g/mol. The summed E-state index contributed by atoms with van der Waals surface area (Å²) in [6.45, 7) is 0.522. The average Bonchev–Trinajstić information content (AvgIpc) is 2.84. The third-order valence-electron chi connectivity index (χ3n) is 3.20. The van der Waals surface area contributed by atoms with E-state index in [0.717, 1.165) is 15.2 Å². The Hall–Kier alpha value is -2.14. The van der Waals surface area contributed by atoms with Crippen LogP contribution in [0.15, 0.2) is 53.3 Å². The van der Waals surface area contributed by atoms with Crippen LogP contribution in [0, 0.1) is 0 Å². The second-order valence-electron chi connectivity index (χ2n) is 4.57. The molecule has 0 fully saturated rings. The van der Waals surface area contributed by atoms with Crippen LogP contribution >= 0.6 is 0 Å². The molecular formula is C15H12N2O3Se. The number of hydroxylamine groups is 1. The van der Waals surface area contributed by atoms with Crippen LogP contribution in [0.2, 0.25) is 0 Å². The van der Waals surface area contributed by atoms with E-state index in [1.165, 1.54) is 0 Å². The summed E-state index contributed by atoms with van der Waals surface area (Å²) in [6, 6.07) is 14.5. The number of amides is 1. The van der Waals surface area contributed by atoms with E-state index in [0.29, 0.717) is 12.1 Å². The third kappa shape index (κ3) is 2.69. The van der Waals surface area contributed by atoms with E-state index in [-0.39, 0.29) is 20.3 Å². The number of carbonyl (C=O) groups excluding carboxylic acids is 1. The van der Waals surface area contributed by atoms with E-state index >= 15 is 0 Å². The van der Waals surface area contributed by atoms with Gasteiger partial charge in [-0.05, 0) is 0 Å². The van der Waals surface area contributed by atoms with E-state index in [4.69, 9.17) is 5.21 Å². The fraction of sp³-hybridized carbons (Fsp3) is 0.0667. The standard InChI is InChI=1S/C15H12N2O3Se/c18-14(16-20)11-7-5-10(6-8-11)9-17-15(19)12-3-1-2-4-13(12)21-17/h1-8,20H,9H2,(H,16,18). The summed E-state index contributed by atoms with van der Waals surface area (Å²) in [7, 11) is 0. The number of aromatic nitrogens is 1. The van der Waals surface area contributed by atoms with Gasteiger partial charge in [-0.3, -0.25) is 0 Å². The summed E-state index contributed by atoms with van der Waals surface area (Å²) in [5.41, 5.74) is 2.98. The zero-order valence-corrected chi connectivity index (χ0v) is 12.7. The van der Waals surface area contributed by atoms with Gasteiger partial charge in [0.05, 0.1) is 0 Å². The SMILES string of the molecule is O=C(NO)c1ccc(Cn2[se]c3ccccc3c2=O)cc1. The van der Waals surface area contributed by atoms with E-state index in [9.17, 15) is 9.59 Å². The number of fused-ring (bicyclic) bond motifs is 1. The molecule has 0 saturated carbocycles. The second kappa shape index (κ2) is 5.69. The van der Waals surface area contributed by atoms with Gasteiger partial charge in [0.2, 0.25) is 0 Å². The maximum atomic E-state index is 12.3. The Bertz CT molecular complexity index is 849. The quantitative estimate of drug-likeness (QED) is 0.425. The van der Waals surface area contributed by atoms with Crippen LogP contribution < -0.4 is 11.0 Å². The van der Waals surface area contributed by atoms with Crippen molar-refractivity contribution in [2.75, 3.05) is 0 Å². The zero-order valence-electron chi connectivity index (χ0n) is 10.9. The first-order valence-corrected chi connectivity index (χ1v) is 7.93. The minimum absolute atomic E-state index is 0.00514. The van der Waals surface area contributed by atoms with Gasteiger partial charge in [0.25, 0.3) is 0 Å². The van der Waals surface area contributed by atoms with Crippen molar-refractivity contribution in [3.05, 3.63) is 70.0 Å². The van der Waals surface area contributed by atoms with Gasteiger partial charge < -0.3 is 0 Å². The van der Waals surface area contributed by atoms with Gasteiger partial charge in [-0.1, -0.05) is 0 Å². The molecule has 2 N–H and O–H groups in total. The van der Waals surface area contributed by atoms with Crippen LogP contribution in [-0.4, -0.2) is 29.4 Å². The predicted octanol–water partition coefficient (Wildman–Crippen LogP) is 1.23. The van der Waals surface area contributed by atoms with Crippen molar-refractivity contribution in [3.8, 4) is 0 Å². The molecule has 5 nitrogen and oxygen atoms in total. The Morgan fingerprint density at radius 3 is 2.52 bits per heavy atom. The van der Waals surface area contributed by atoms with E-state index < -0.39 is 5.91 Å². The van der Waals surface area contributed by atoms with Gasteiger partial charge in [-0.15, -0.1) is 0 Å². The summed E-state index contributed by atoms with van der Waals surface area (Å²) in [6.07, 6.45) is 0. The van der Waals surface area contributed by atoms with Gasteiger partial charge in [-0.2, -0.15) is 0 Å². The first-order valence-electron chi connectivity index (χ1n) is 6.31. The molecule has 3 aromatic rings. The third-order valence-corrected chi connectivity index (χ3v) is 5.44. The summed E-state index contributed by atoms with van der Waals surface area (Å²) in [4.78, 5) is 23.5. The van der Waals surface area contributed by atoms with Gasteiger partial charge in [0, 0.05) is 0 Å². The van der Waals surface area contributed by atoms with Crippen LogP contribution in [0.5, 0.6) is 0 Å². The molecule has 6 heteroatoms. The molecule has 1 aromatic heterocycles. The van der Waals surface area contributed by atoms with E-state index in [2.05, 4.69) is 0 Å². The molecule has 0 aliphatic rings. The van der Waals surface area contributed by atoms with Crippen molar-refractivity contribution in [3.63, 3.8) is 0 Å². The van der Waals surface area contributed by atoms with E-state index in [1.807, 2.05) is 27.8 Å². The summed E-state index contributed by atoms with van der Waals surface area (Å²) in [5.74, 6) is -0.546. The summed E-state index contributed by atoms with van der Waals surface area (Å²) >= 11 is -0.00514. The Morgan fingerprint density at radius 2 is 1.86 bits per heavy atom. The molecular weight excluding hydrogens is 335 g/mol. The molecule has 0 atom stereocenters. The molecule has 0 spiro atoms. The van der Waals surface area contributed by atoms with Crippen molar-refractivity contribution in [1.29, 1.82) is 0 Å². The van der Waals surface area contributed by atoms with E-state index in [1.54, 1.807) is 29.7 Å². The molecule has 0 bridgehead atoms. The first-order chi connectivity index (χ1) is 10.2. The van der Waals surface area contributed by atoms with Crippen LogP contribution in [0.1, 0.15) is 15.9 Å². The number of benzene rings is 2. The molecule has 1 heterocycles. The molecule has 0 unspecified atom stereocenters. The van der Waals surface area contributed by atoms with Gasteiger partial charge in [0.1, 0.15) is 0 Å². The fourth-order valence-corrected chi connectivity index (χ4v) is 4.26. The molecule has 0 radical (unpaired) electrons. The molecule has 2 aromatic carbocycles. The Morgan fingerprint density at radius 1 is 1.14 bits per heavy atom. The number of hydrogen-bond acceptors (Lipinski definition) is 3. The molecule has 106 valence electrons. The Balaban J connectivity index is 1.90. The van der Waals surface area contributed by atoms with Crippen LogP contribution in [0.4, 0.5) is 0 Å². The predicted molar refractivity (Wildman–Crippen MR) is 79.9 cm³/mol. The summed E-state index contributed by atoms with van der Waals surface area (Å²) < 4.78 is 2.94. The van der Waals surface area contributed by atoms with Crippen LogP contribution in [-0.2, 0) is 6.54 Å². The van der Waals surface area contributed by atoms with Crippen molar-refractivity contribution < 1.29 is 10.0 Å². The molecule has 21 heavy (non-hydrogen) atoms. The number of nitrogens with one attached hydrogen (secondary N) is 1. The number of nitrogens with zero attached hydrogens (tertiary/aromatic N) is 1. The van der Waals surface area contributed by atoms with Crippen molar-refractivity contribution in [2.24, 2.45) is 0 Å². The van der Waals surface area contributed by atoms with Crippen molar-refractivity contribution in [1.82, 2.24) is 9.04 Å². The molecule has 0 aliphatic heterocycles. The van der Waals surface area contributed by atoms with Crippen molar-refractivity contribution >= 4 is 30.3 Å². The van der Waals surface area contributed by atoms with Crippen LogP contribution in [0.3, 0.4) is 0 Å². The van der Waals surface area contributed by atoms with Crippen LogP contribution in [0.25, 0.3) is 9.65 Å². The van der Waals surface area contributed by atoms with Gasteiger partial charge >= 0.3 is 126 Å². The molecule has 0 saturated heterocycles. The number of carbonyl (C=O) groups is 1. The number of rotatable bonds is 3. The normalized spacial score (nSPS) is 10.7. The second-order valence-corrected chi connectivity index (χ2v) is 6.80. The fourth-order valence-electron chi connectivity index (χ4n) is 2.11. The first kappa shape index (κ1) is 13.8. The number of hydrogen-bond donors (Lipinski definition) is 2. The van der Waals surface area contributed by atoms with Gasteiger partial charge in [-0.25, -0.2) is 0 Å². The maximum absolute atomic E-state index is 12.3. The summed E-state index contributed by atoms with van der Waals surface area (Å²) in [5, 5.41) is 9.36. The van der Waals surface area contributed by atoms with Crippen molar-refractivity contribution in [2.45, 2.75) is 6.54 Å². The molecule has 0 aliphatic carbocycles. The van der Waals surface area contributed by atoms with Gasteiger partial charge in [0.15, 0.2) is 0 Å². The minimum atomic E-state index is -0.546. The Kier molecular flexibility index (Phi) is 3.75. The molecule has 1 amide bonds.